The van der Waals surface area contributed by atoms with Gasteiger partial charge in [0.25, 0.3) is 0 Å². The average molecular weight is 249 g/mol. The molecule has 0 radical (unpaired) electrons. The minimum Gasteiger partial charge on any atom is -0.337 e. The third kappa shape index (κ3) is 4.32. The van der Waals surface area contributed by atoms with Crippen molar-refractivity contribution in [2.45, 2.75) is 53.5 Å². The first kappa shape index (κ1) is 15.0. The molecule has 1 amide bonds. The number of nitrogens with zero attached hydrogens (tertiary/aromatic N) is 1. The van der Waals surface area contributed by atoms with Crippen LogP contribution in [0.3, 0.4) is 0 Å². The van der Waals surface area contributed by atoms with E-state index in [0.29, 0.717) is 11.8 Å². The number of hydrogen-bond donors (Lipinski definition) is 0. The quantitative estimate of drug-likeness (QED) is 0.694. The fraction of sp³-hybridized carbons (Fsp3) is 0.688. The Morgan fingerprint density at radius 2 is 2.22 bits per heavy atom. The number of rotatable bonds is 4. The lowest BCUT2D eigenvalue weighted by Crippen LogP contribution is -2.35. The van der Waals surface area contributed by atoms with Crippen molar-refractivity contribution in [2.75, 3.05) is 6.54 Å². The first-order chi connectivity index (χ1) is 8.41. The Hall–Kier alpha value is -1.05. The molecule has 0 N–H and O–H groups in total. The van der Waals surface area contributed by atoms with Crippen molar-refractivity contribution in [3.05, 3.63) is 23.8 Å². The van der Waals surface area contributed by atoms with Gasteiger partial charge >= 0.3 is 0 Å². The van der Waals surface area contributed by atoms with Gasteiger partial charge in [-0.1, -0.05) is 30.7 Å². The molecule has 18 heavy (non-hydrogen) atoms. The SMILES string of the molecule is CC(=O)N(C/C=C\C1CCC(C)=CC1C)C(C)C. The molecule has 1 rings (SSSR count). The summed E-state index contributed by atoms with van der Waals surface area (Å²) in [6.07, 6.45) is 9.29. The highest BCUT2D eigenvalue weighted by Gasteiger charge is 2.17. The Labute approximate surface area is 112 Å². The van der Waals surface area contributed by atoms with Gasteiger partial charge in [0.1, 0.15) is 0 Å². The summed E-state index contributed by atoms with van der Waals surface area (Å²) in [5.41, 5.74) is 1.51. The maximum Gasteiger partial charge on any atom is 0.219 e. The summed E-state index contributed by atoms with van der Waals surface area (Å²) < 4.78 is 0. The molecule has 0 saturated carbocycles. The van der Waals surface area contributed by atoms with Crippen molar-refractivity contribution >= 4 is 5.91 Å². The normalized spacial score (nSPS) is 24.4. The van der Waals surface area contributed by atoms with E-state index in [9.17, 15) is 4.79 Å². The molecule has 2 nitrogen and oxygen atoms in total. The minimum absolute atomic E-state index is 0.155. The van der Waals surface area contributed by atoms with Crippen LogP contribution in [-0.2, 0) is 4.79 Å². The van der Waals surface area contributed by atoms with Crippen molar-refractivity contribution in [3.63, 3.8) is 0 Å². The van der Waals surface area contributed by atoms with Crippen LogP contribution in [-0.4, -0.2) is 23.4 Å². The van der Waals surface area contributed by atoms with Crippen LogP contribution < -0.4 is 0 Å². The zero-order valence-corrected chi connectivity index (χ0v) is 12.4. The number of carbonyl (C=O) groups is 1. The highest BCUT2D eigenvalue weighted by atomic mass is 16.2. The van der Waals surface area contributed by atoms with Crippen LogP contribution in [0.15, 0.2) is 23.8 Å². The monoisotopic (exact) mass is 249 g/mol. The van der Waals surface area contributed by atoms with E-state index in [0.717, 1.165) is 6.54 Å². The van der Waals surface area contributed by atoms with E-state index in [-0.39, 0.29) is 11.9 Å². The van der Waals surface area contributed by atoms with Crippen LogP contribution in [0.5, 0.6) is 0 Å². The number of amides is 1. The molecule has 1 aliphatic rings. The second-order valence-corrected chi connectivity index (χ2v) is 5.77. The molecule has 0 heterocycles. The molecule has 0 saturated heterocycles. The Kier molecular flexibility index (Phi) is 5.64. The predicted molar refractivity (Wildman–Crippen MR) is 77.3 cm³/mol. The molecule has 0 aliphatic heterocycles. The van der Waals surface area contributed by atoms with Crippen LogP contribution in [0, 0.1) is 11.8 Å². The number of hydrogen-bond acceptors (Lipinski definition) is 1. The third-order valence-electron chi connectivity index (χ3n) is 3.81. The second kappa shape index (κ2) is 6.77. The summed E-state index contributed by atoms with van der Waals surface area (Å²) in [5.74, 6) is 1.41. The summed E-state index contributed by atoms with van der Waals surface area (Å²) in [6.45, 7) is 11.0. The Morgan fingerprint density at radius 3 is 2.72 bits per heavy atom. The van der Waals surface area contributed by atoms with Crippen molar-refractivity contribution in [2.24, 2.45) is 11.8 Å². The maximum atomic E-state index is 11.5. The van der Waals surface area contributed by atoms with Gasteiger partial charge < -0.3 is 4.90 Å². The summed E-state index contributed by atoms with van der Waals surface area (Å²) in [7, 11) is 0. The largest absolute Gasteiger partial charge is 0.337 e. The fourth-order valence-electron chi connectivity index (χ4n) is 2.64. The molecule has 0 bridgehead atoms. The van der Waals surface area contributed by atoms with Gasteiger partial charge in [-0.2, -0.15) is 0 Å². The summed E-state index contributed by atoms with van der Waals surface area (Å²) in [6, 6.07) is 0.276. The van der Waals surface area contributed by atoms with E-state index in [1.54, 1.807) is 6.92 Å². The van der Waals surface area contributed by atoms with E-state index in [2.05, 4.69) is 45.9 Å². The highest BCUT2D eigenvalue weighted by Crippen LogP contribution is 2.29. The summed E-state index contributed by atoms with van der Waals surface area (Å²) >= 11 is 0. The van der Waals surface area contributed by atoms with Gasteiger partial charge in [0.15, 0.2) is 0 Å². The first-order valence-electron chi connectivity index (χ1n) is 7.03. The van der Waals surface area contributed by atoms with E-state index in [1.807, 2.05) is 4.90 Å². The van der Waals surface area contributed by atoms with E-state index in [1.165, 1.54) is 18.4 Å². The number of carbonyl (C=O) groups excluding carboxylic acids is 1. The van der Waals surface area contributed by atoms with Crippen LogP contribution in [0.2, 0.25) is 0 Å². The Morgan fingerprint density at radius 1 is 1.56 bits per heavy atom. The molecular formula is C16H27NO. The number of allylic oxidation sites excluding steroid dienone is 3. The Bertz CT molecular complexity index is 341. The lowest BCUT2D eigenvalue weighted by molar-refractivity contribution is -0.129. The molecule has 0 spiro atoms. The molecule has 2 unspecified atom stereocenters. The van der Waals surface area contributed by atoms with Gasteiger partial charge in [0.05, 0.1) is 0 Å². The van der Waals surface area contributed by atoms with E-state index >= 15 is 0 Å². The molecule has 2 atom stereocenters. The van der Waals surface area contributed by atoms with Gasteiger partial charge in [0.2, 0.25) is 5.91 Å². The zero-order valence-electron chi connectivity index (χ0n) is 12.4. The van der Waals surface area contributed by atoms with Gasteiger partial charge in [-0.05, 0) is 45.4 Å². The van der Waals surface area contributed by atoms with E-state index in [4.69, 9.17) is 0 Å². The van der Waals surface area contributed by atoms with E-state index < -0.39 is 0 Å². The van der Waals surface area contributed by atoms with Gasteiger partial charge in [-0.25, -0.2) is 0 Å². The van der Waals surface area contributed by atoms with Gasteiger partial charge in [-0.3, -0.25) is 4.79 Å². The topological polar surface area (TPSA) is 20.3 Å². The van der Waals surface area contributed by atoms with Gasteiger partial charge in [-0.15, -0.1) is 0 Å². The van der Waals surface area contributed by atoms with Crippen molar-refractivity contribution in [1.82, 2.24) is 4.90 Å². The second-order valence-electron chi connectivity index (χ2n) is 5.77. The summed E-state index contributed by atoms with van der Waals surface area (Å²) in [4.78, 5) is 13.4. The molecule has 2 heteroatoms. The molecule has 0 aromatic rings. The third-order valence-corrected chi connectivity index (χ3v) is 3.81. The van der Waals surface area contributed by atoms with Crippen molar-refractivity contribution in [1.29, 1.82) is 0 Å². The van der Waals surface area contributed by atoms with Crippen LogP contribution >= 0.6 is 0 Å². The lowest BCUT2D eigenvalue weighted by Gasteiger charge is -2.26. The smallest absolute Gasteiger partial charge is 0.219 e. The average Bonchev–Trinajstić information content (AvgIpc) is 2.25. The molecule has 0 aromatic heterocycles. The highest BCUT2D eigenvalue weighted by molar-refractivity contribution is 5.73. The van der Waals surface area contributed by atoms with Crippen LogP contribution in [0.25, 0.3) is 0 Å². The summed E-state index contributed by atoms with van der Waals surface area (Å²) in [5, 5.41) is 0. The zero-order chi connectivity index (χ0) is 13.7. The minimum atomic E-state index is 0.155. The van der Waals surface area contributed by atoms with Crippen LogP contribution in [0.1, 0.15) is 47.5 Å². The fourth-order valence-corrected chi connectivity index (χ4v) is 2.64. The first-order valence-corrected chi connectivity index (χ1v) is 7.03. The van der Waals surface area contributed by atoms with Crippen LogP contribution in [0.4, 0.5) is 0 Å². The standard InChI is InChI=1S/C16H27NO/c1-12(2)17(15(5)18)10-6-7-16-9-8-13(3)11-14(16)4/h6-7,11-12,14,16H,8-10H2,1-5H3/b7-6-. The van der Waals surface area contributed by atoms with Crippen molar-refractivity contribution < 1.29 is 4.79 Å². The maximum absolute atomic E-state index is 11.5. The lowest BCUT2D eigenvalue weighted by atomic mass is 9.82. The predicted octanol–water partition coefficient (Wildman–Crippen LogP) is 3.79. The molecule has 102 valence electrons. The molecule has 0 fully saturated rings. The van der Waals surface area contributed by atoms with Gasteiger partial charge in [0, 0.05) is 19.5 Å². The molecule has 1 aliphatic carbocycles. The Balaban J connectivity index is 2.52. The molecular weight excluding hydrogens is 222 g/mol. The van der Waals surface area contributed by atoms with Crippen molar-refractivity contribution in [3.8, 4) is 0 Å². The molecule has 0 aromatic carbocycles.